The fourth-order valence-electron chi connectivity index (χ4n) is 3.37. The minimum absolute atomic E-state index is 0.0770. The molecule has 0 bridgehead atoms. The average molecular weight is 455 g/mol. The van der Waals surface area contributed by atoms with Crippen LogP contribution in [0.25, 0.3) is 0 Å². The number of nitrogens with zero attached hydrogens (tertiary/aromatic N) is 2. The molecule has 1 aliphatic heterocycles. The van der Waals surface area contributed by atoms with Crippen molar-refractivity contribution in [3.05, 3.63) is 93.8 Å². The van der Waals surface area contributed by atoms with Gasteiger partial charge in [-0.05, 0) is 29.2 Å². The first kappa shape index (κ1) is 22.1. The summed E-state index contributed by atoms with van der Waals surface area (Å²) in [6, 6.07) is 16.1. The van der Waals surface area contributed by atoms with Crippen LogP contribution in [0.15, 0.2) is 66.9 Å². The number of carbonyl (C=O) groups excluding carboxylic acids is 2. The third-order valence-electron chi connectivity index (χ3n) is 4.98. The van der Waals surface area contributed by atoms with E-state index in [-0.39, 0.29) is 16.8 Å². The van der Waals surface area contributed by atoms with Gasteiger partial charge in [0.2, 0.25) is 0 Å². The standard InChI is InChI=1S/C22H18FN3O7/c23-17-18(15-11-24-22(25-15)26(29)30)32-16(12-31-20(27)13-7-3-1-4-8-13)19(17)33-21(28)14-9-5-2-6-10-14/h1-11,16-19H,12H2,(H,24,25)/t16-,17-,18+,19-/m1/s1. The third-order valence-corrected chi connectivity index (χ3v) is 4.98. The number of nitro groups is 1. The third kappa shape index (κ3) is 4.88. The zero-order valence-electron chi connectivity index (χ0n) is 17.0. The molecule has 0 unspecified atom stereocenters. The number of aromatic amines is 1. The summed E-state index contributed by atoms with van der Waals surface area (Å²) in [7, 11) is 0. The maximum absolute atomic E-state index is 15.4. The Hall–Kier alpha value is -4.12. The molecule has 2 heterocycles. The van der Waals surface area contributed by atoms with E-state index < -0.39 is 53.9 Å². The van der Waals surface area contributed by atoms with E-state index in [0.717, 1.165) is 6.20 Å². The van der Waals surface area contributed by atoms with Crippen LogP contribution in [0.3, 0.4) is 0 Å². The van der Waals surface area contributed by atoms with Crippen molar-refractivity contribution in [2.24, 2.45) is 0 Å². The average Bonchev–Trinajstić information content (AvgIpc) is 3.44. The van der Waals surface area contributed by atoms with E-state index in [2.05, 4.69) is 9.97 Å². The molecule has 1 N–H and O–H groups in total. The number of imidazole rings is 1. The zero-order chi connectivity index (χ0) is 23.4. The van der Waals surface area contributed by atoms with Gasteiger partial charge in [0.05, 0.1) is 11.1 Å². The number of esters is 2. The SMILES string of the molecule is O=C(OC[C@H]1O[C@@H](c2c[nH]c([N+](=O)[O-])n2)[C@@H](F)[C@@H]1OC(=O)c1ccccc1)c1ccccc1. The quantitative estimate of drug-likeness (QED) is 0.326. The summed E-state index contributed by atoms with van der Waals surface area (Å²) in [5.41, 5.74) is 0.403. The lowest BCUT2D eigenvalue weighted by molar-refractivity contribution is -0.393. The molecule has 170 valence electrons. The van der Waals surface area contributed by atoms with E-state index in [9.17, 15) is 19.7 Å². The van der Waals surface area contributed by atoms with Crippen molar-refractivity contribution in [2.75, 3.05) is 6.61 Å². The Kier molecular flexibility index (Phi) is 6.41. The second-order valence-corrected chi connectivity index (χ2v) is 7.15. The highest BCUT2D eigenvalue weighted by atomic mass is 19.1. The molecule has 0 radical (unpaired) electrons. The lowest BCUT2D eigenvalue weighted by Crippen LogP contribution is -2.36. The van der Waals surface area contributed by atoms with E-state index in [1.807, 2.05) is 0 Å². The van der Waals surface area contributed by atoms with Crippen molar-refractivity contribution in [3.63, 3.8) is 0 Å². The molecule has 4 rings (SSSR count). The van der Waals surface area contributed by atoms with Gasteiger partial charge in [0.25, 0.3) is 0 Å². The maximum Gasteiger partial charge on any atom is 0.432 e. The Balaban J connectivity index is 1.53. The molecule has 1 aromatic heterocycles. The van der Waals surface area contributed by atoms with E-state index in [4.69, 9.17) is 14.2 Å². The molecule has 4 atom stereocenters. The van der Waals surface area contributed by atoms with Crippen LogP contribution in [0.1, 0.15) is 32.5 Å². The molecule has 10 nitrogen and oxygen atoms in total. The van der Waals surface area contributed by atoms with Crippen LogP contribution in [0.4, 0.5) is 10.3 Å². The van der Waals surface area contributed by atoms with Crippen LogP contribution >= 0.6 is 0 Å². The predicted octanol–water partition coefficient (Wildman–Crippen LogP) is 3.18. The van der Waals surface area contributed by atoms with Crippen LogP contribution in [0.2, 0.25) is 0 Å². The molecule has 0 aliphatic carbocycles. The molecule has 1 aliphatic rings. The lowest BCUT2D eigenvalue weighted by Gasteiger charge is -2.19. The van der Waals surface area contributed by atoms with Gasteiger partial charge in [-0.1, -0.05) is 41.4 Å². The molecule has 1 fully saturated rings. The molecule has 11 heteroatoms. The number of H-pyrrole nitrogens is 1. The number of hydrogen-bond acceptors (Lipinski definition) is 8. The van der Waals surface area contributed by atoms with Crippen molar-refractivity contribution in [2.45, 2.75) is 24.5 Å². The largest absolute Gasteiger partial charge is 0.459 e. The van der Waals surface area contributed by atoms with Crippen LogP contribution in [-0.4, -0.2) is 51.8 Å². The summed E-state index contributed by atoms with van der Waals surface area (Å²) in [6.45, 7) is -0.413. The lowest BCUT2D eigenvalue weighted by atomic mass is 10.1. The van der Waals surface area contributed by atoms with Crippen molar-refractivity contribution < 1.29 is 33.1 Å². The number of ether oxygens (including phenoxy) is 3. The minimum atomic E-state index is -1.92. The van der Waals surface area contributed by atoms with E-state index in [0.29, 0.717) is 0 Å². The van der Waals surface area contributed by atoms with Gasteiger partial charge in [0.15, 0.2) is 24.1 Å². The van der Waals surface area contributed by atoms with Crippen LogP contribution in [-0.2, 0) is 14.2 Å². The van der Waals surface area contributed by atoms with Gasteiger partial charge in [-0.15, -0.1) is 0 Å². The first-order valence-electron chi connectivity index (χ1n) is 9.91. The fraction of sp³-hybridized carbons (Fsp3) is 0.227. The first-order valence-corrected chi connectivity index (χ1v) is 9.91. The number of nitrogens with one attached hydrogen (secondary N) is 1. The van der Waals surface area contributed by atoms with Crippen LogP contribution in [0.5, 0.6) is 0 Å². The number of carbonyl (C=O) groups is 2. The summed E-state index contributed by atoms with van der Waals surface area (Å²) < 4.78 is 31.6. The minimum Gasteiger partial charge on any atom is -0.459 e. The number of benzene rings is 2. The van der Waals surface area contributed by atoms with Gasteiger partial charge in [-0.25, -0.2) is 19.0 Å². The van der Waals surface area contributed by atoms with Gasteiger partial charge < -0.3 is 24.3 Å². The van der Waals surface area contributed by atoms with E-state index in [1.54, 1.807) is 48.5 Å². The van der Waals surface area contributed by atoms with Gasteiger partial charge >= 0.3 is 17.9 Å². The molecule has 0 saturated carbocycles. The van der Waals surface area contributed by atoms with Crippen molar-refractivity contribution in [3.8, 4) is 0 Å². The highest BCUT2D eigenvalue weighted by Crippen LogP contribution is 2.37. The molecule has 3 aromatic rings. The summed E-state index contributed by atoms with van der Waals surface area (Å²) in [6.07, 6.45) is -4.75. The van der Waals surface area contributed by atoms with E-state index >= 15 is 4.39 Å². The number of aromatic nitrogens is 2. The molecule has 0 amide bonds. The molecular weight excluding hydrogens is 437 g/mol. The molecule has 33 heavy (non-hydrogen) atoms. The fourth-order valence-corrected chi connectivity index (χ4v) is 3.37. The molecule has 1 saturated heterocycles. The van der Waals surface area contributed by atoms with Gasteiger partial charge in [0, 0.05) is 0 Å². The molecular formula is C22H18FN3O7. The summed E-state index contributed by atoms with van der Waals surface area (Å²) in [5.74, 6) is -2.04. The highest BCUT2D eigenvalue weighted by molar-refractivity contribution is 5.90. The summed E-state index contributed by atoms with van der Waals surface area (Å²) in [5, 5.41) is 10.9. The Morgan fingerprint density at radius 1 is 1.06 bits per heavy atom. The monoisotopic (exact) mass is 455 g/mol. The Bertz CT molecular complexity index is 1140. The second kappa shape index (κ2) is 9.57. The molecule has 2 aromatic carbocycles. The number of alkyl halides is 1. The zero-order valence-corrected chi connectivity index (χ0v) is 17.0. The number of rotatable bonds is 7. The Morgan fingerprint density at radius 2 is 1.67 bits per heavy atom. The summed E-state index contributed by atoms with van der Waals surface area (Å²) >= 11 is 0. The van der Waals surface area contributed by atoms with Gasteiger partial charge in [0.1, 0.15) is 18.9 Å². The predicted molar refractivity (Wildman–Crippen MR) is 110 cm³/mol. The molecule has 0 spiro atoms. The van der Waals surface area contributed by atoms with Crippen molar-refractivity contribution in [1.29, 1.82) is 0 Å². The number of halogens is 1. The normalized spacial score (nSPS) is 22.0. The second-order valence-electron chi connectivity index (χ2n) is 7.15. The number of hydrogen-bond donors (Lipinski definition) is 1. The topological polar surface area (TPSA) is 134 Å². The van der Waals surface area contributed by atoms with Crippen LogP contribution < -0.4 is 0 Å². The Morgan fingerprint density at radius 3 is 2.24 bits per heavy atom. The van der Waals surface area contributed by atoms with Crippen molar-refractivity contribution in [1.82, 2.24) is 9.97 Å². The maximum atomic E-state index is 15.4. The Labute approximate surface area is 186 Å². The van der Waals surface area contributed by atoms with Crippen molar-refractivity contribution >= 4 is 17.9 Å². The smallest absolute Gasteiger partial charge is 0.432 e. The highest BCUT2D eigenvalue weighted by Gasteiger charge is 2.51. The van der Waals surface area contributed by atoms with Crippen LogP contribution in [0, 0.1) is 10.1 Å². The van der Waals surface area contributed by atoms with Gasteiger partial charge in [-0.3, -0.25) is 0 Å². The summed E-state index contributed by atoms with van der Waals surface area (Å²) in [4.78, 5) is 41.0. The first-order chi connectivity index (χ1) is 15.9. The van der Waals surface area contributed by atoms with Gasteiger partial charge in [-0.2, -0.15) is 0 Å². The van der Waals surface area contributed by atoms with E-state index in [1.165, 1.54) is 12.1 Å².